The molecule has 6 nitrogen and oxygen atoms in total. The maximum atomic E-state index is 12.4. The third-order valence-corrected chi connectivity index (χ3v) is 4.02. The first-order valence-electron chi connectivity index (χ1n) is 8.14. The number of rotatable bonds is 9. The monoisotopic (exact) mass is 360 g/mol. The van der Waals surface area contributed by atoms with Crippen LogP contribution in [0.2, 0.25) is 0 Å². The summed E-state index contributed by atoms with van der Waals surface area (Å²) in [7, 11) is 6.06. The van der Waals surface area contributed by atoms with Crippen LogP contribution in [0, 0.1) is 0 Å². The number of esters is 1. The van der Waals surface area contributed by atoms with Crippen LogP contribution in [0.25, 0.3) is 0 Å². The minimum atomic E-state index is -0.507. The van der Waals surface area contributed by atoms with Crippen LogP contribution in [0.3, 0.4) is 0 Å². The van der Waals surface area contributed by atoms with Gasteiger partial charge in [-0.05, 0) is 35.7 Å². The number of methoxy groups -OCH3 is 4. The fourth-order valence-corrected chi connectivity index (χ4v) is 2.70. The zero-order valence-corrected chi connectivity index (χ0v) is 15.5. The smallest absolute Gasteiger partial charge is 0.313 e. The number of benzene rings is 2. The second-order valence-electron chi connectivity index (χ2n) is 5.55. The van der Waals surface area contributed by atoms with E-state index in [9.17, 15) is 4.79 Å². The number of hydrogen-bond donors (Lipinski definition) is 0. The van der Waals surface area contributed by atoms with Crippen molar-refractivity contribution in [3.63, 3.8) is 0 Å². The van der Waals surface area contributed by atoms with Crippen molar-refractivity contribution in [3.05, 3.63) is 53.6 Å². The number of carbonyl (C=O) groups excluding carboxylic acids is 1. The third kappa shape index (κ3) is 4.67. The van der Waals surface area contributed by atoms with Crippen molar-refractivity contribution in [3.8, 4) is 17.2 Å². The molecule has 0 amide bonds. The Balaban J connectivity index is 2.36. The number of hydrogen-bond acceptors (Lipinski definition) is 6. The molecule has 6 heteroatoms. The summed E-state index contributed by atoms with van der Waals surface area (Å²) in [6.07, 6.45) is 0.419. The van der Waals surface area contributed by atoms with Crippen LogP contribution in [0.5, 0.6) is 17.2 Å². The molecule has 0 saturated heterocycles. The third-order valence-electron chi connectivity index (χ3n) is 4.02. The maximum absolute atomic E-state index is 12.4. The number of para-hydroxylation sites is 1. The van der Waals surface area contributed by atoms with Crippen LogP contribution >= 0.6 is 0 Å². The molecule has 0 aromatic heterocycles. The second kappa shape index (κ2) is 9.68. The number of ether oxygens (including phenoxy) is 5. The van der Waals surface area contributed by atoms with Gasteiger partial charge in [-0.15, -0.1) is 0 Å². The van der Waals surface area contributed by atoms with E-state index in [1.165, 1.54) is 7.11 Å². The molecule has 0 spiro atoms. The van der Waals surface area contributed by atoms with Crippen molar-refractivity contribution in [2.75, 3.05) is 35.2 Å². The van der Waals surface area contributed by atoms with Crippen molar-refractivity contribution < 1.29 is 28.5 Å². The Morgan fingerprint density at radius 1 is 0.923 bits per heavy atom. The highest BCUT2D eigenvalue weighted by atomic mass is 16.7. The second-order valence-corrected chi connectivity index (χ2v) is 5.55. The van der Waals surface area contributed by atoms with Gasteiger partial charge in [0.25, 0.3) is 0 Å². The summed E-state index contributed by atoms with van der Waals surface area (Å²) >= 11 is 0. The molecule has 0 aliphatic rings. The molecule has 1 atom stereocenters. The van der Waals surface area contributed by atoms with Gasteiger partial charge in [-0.2, -0.15) is 0 Å². The van der Waals surface area contributed by atoms with Crippen molar-refractivity contribution in [2.45, 2.75) is 12.3 Å². The molecule has 0 fully saturated rings. The molecule has 1 unspecified atom stereocenters. The molecule has 2 rings (SSSR count). The Labute approximate surface area is 153 Å². The zero-order valence-electron chi connectivity index (χ0n) is 15.5. The highest BCUT2D eigenvalue weighted by molar-refractivity contribution is 5.79. The average Bonchev–Trinajstić information content (AvgIpc) is 2.70. The van der Waals surface area contributed by atoms with Gasteiger partial charge in [0.15, 0.2) is 18.3 Å². The quantitative estimate of drug-likeness (QED) is 0.506. The van der Waals surface area contributed by atoms with Gasteiger partial charge in [0.1, 0.15) is 5.75 Å². The molecule has 0 N–H and O–H groups in total. The van der Waals surface area contributed by atoms with E-state index in [1.54, 1.807) is 33.5 Å². The summed E-state index contributed by atoms with van der Waals surface area (Å²) in [5.74, 6) is 0.987. The van der Waals surface area contributed by atoms with Crippen LogP contribution in [0.1, 0.15) is 17.0 Å². The van der Waals surface area contributed by atoms with Crippen LogP contribution in [0.15, 0.2) is 42.5 Å². The van der Waals surface area contributed by atoms with E-state index in [2.05, 4.69) is 0 Å². The molecule has 0 aliphatic heterocycles. The van der Waals surface area contributed by atoms with Crippen LogP contribution < -0.4 is 14.2 Å². The Morgan fingerprint density at radius 3 is 2.31 bits per heavy atom. The Morgan fingerprint density at radius 2 is 1.65 bits per heavy atom. The molecule has 0 heterocycles. The van der Waals surface area contributed by atoms with Crippen molar-refractivity contribution >= 4 is 5.97 Å². The average molecular weight is 360 g/mol. The predicted molar refractivity (Wildman–Crippen MR) is 97.0 cm³/mol. The summed E-state index contributed by atoms with van der Waals surface area (Å²) in [6, 6.07) is 12.9. The summed E-state index contributed by atoms with van der Waals surface area (Å²) in [4.78, 5) is 12.4. The molecule has 0 aliphatic carbocycles. The van der Waals surface area contributed by atoms with Crippen molar-refractivity contribution in [2.24, 2.45) is 0 Å². The first kappa shape index (κ1) is 19.6. The molecular weight excluding hydrogens is 336 g/mol. The van der Waals surface area contributed by atoms with Gasteiger partial charge in [0.05, 0.1) is 27.2 Å². The van der Waals surface area contributed by atoms with Gasteiger partial charge in [0, 0.05) is 7.11 Å². The lowest BCUT2D eigenvalue weighted by atomic mass is 9.91. The molecule has 0 saturated carbocycles. The Hall–Kier alpha value is -2.73. The standard InChI is InChI=1S/C20H24O6/c1-22-13-26-17-8-6-5-7-15(17)11-16(20(21)25-4)14-9-10-18(23-2)19(12-14)24-3/h5-10,12,16H,11,13H2,1-4H3. The van der Waals surface area contributed by atoms with E-state index < -0.39 is 5.92 Å². The van der Waals surface area contributed by atoms with Crippen molar-refractivity contribution in [1.82, 2.24) is 0 Å². The van der Waals surface area contributed by atoms with E-state index >= 15 is 0 Å². The molecule has 26 heavy (non-hydrogen) atoms. The first-order valence-corrected chi connectivity index (χ1v) is 8.14. The maximum Gasteiger partial charge on any atom is 0.313 e. The molecule has 2 aromatic rings. The van der Waals surface area contributed by atoms with Crippen LogP contribution in [-0.4, -0.2) is 41.2 Å². The van der Waals surface area contributed by atoms with Crippen molar-refractivity contribution in [1.29, 1.82) is 0 Å². The van der Waals surface area contributed by atoms with E-state index in [4.69, 9.17) is 23.7 Å². The van der Waals surface area contributed by atoms with Gasteiger partial charge in [-0.3, -0.25) is 4.79 Å². The summed E-state index contributed by atoms with van der Waals surface area (Å²) in [5, 5.41) is 0. The summed E-state index contributed by atoms with van der Waals surface area (Å²) in [6.45, 7) is 0.135. The lowest BCUT2D eigenvalue weighted by molar-refractivity contribution is -0.142. The van der Waals surface area contributed by atoms with E-state index in [0.29, 0.717) is 23.7 Å². The molecular formula is C20H24O6. The fraction of sp³-hybridized carbons (Fsp3) is 0.350. The molecule has 140 valence electrons. The normalized spacial score (nSPS) is 11.5. The zero-order chi connectivity index (χ0) is 18.9. The van der Waals surface area contributed by atoms with Crippen LogP contribution in [0.4, 0.5) is 0 Å². The van der Waals surface area contributed by atoms with Crippen LogP contribution in [-0.2, 0) is 20.7 Å². The summed E-state index contributed by atoms with van der Waals surface area (Å²) < 4.78 is 26.2. The Bertz CT molecular complexity index is 728. The number of carbonyl (C=O) groups is 1. The van der Waals surface area contributed by atoms with Gasteiger partial charge < -0.3 is 23.7 Å². The highest BCUT2D eigenvalue weighted by Crippen LogP contribution is 2.34. The lowest BCUT2D eigenvalue weighted by Gasteiger charge is -2.19. The van der Waals surface area contributed by atoms with E-state index in [0.717, 1.165) is 11.1 Å². The van der Waals surface area contributed by atoms with Gasteiger partial charge >= 0.3 is 5.97 Å². The fourth-order valence-electron chi connectivity index (χ4n) is 2.70. The van der Waals surface area contributed by atoms with Gasteiger partial charge in [-0.1, -0.05) is 24.3 Å². The summed E-state index contributed by atoms with van der Waals surface area (Å²) in [5.41, 5.74) is 1.66. The lowest BCUT2D eigenvalue weighted by Crippen LogP contribution is -2.17. The Kier molecular flexibility index (Phi) is 7.29. The molecule has 0 radical (unpaired) electrons. The molecule has 2 aromatic carbocycles. The largest absolute Gasteiger partial charge is 0.493 e. The minimum absolute atomic E-state index is 0.135. The SMILES string of the molecule is COCOc1ccccc1CC(C(=O)OC)c1ccc(OC)c(OC)c1. The minimum Gasteiger partial charge on any atom is -0.493 e. The predicted octanol–water partition coefficient (Wildman–Crippen LogP) is 3.19. The topological polar surface area (TPSA) is 63.2 Å². The van der Waals surface area contributed by atoms with E-state index in [1.807, 2.05) is 30.3 Å². The first-order chi connectivity index (χ1) is 12.6. The van der Waals surface area contributed by atoms with Gasteiger partial charge in [0.2, 0.25) is 0 Å². The van der Waals surface area contributed by atoms with Gasteiger partial charge in [-0.25, -0.2) is 0 Å². The highest BCUT2D eigenvalue weighted by Gasteiger charge is 2.24. The molecule has 0 bridgehead atoms. The van der Waals surface area contributed by atoms with E-state index in [-0.39, 0.29) is 12.8 Å².